The minimum atomic E-state index is 0.0673. The Kier molecular flexibility index (Phi) is 3.32. The highest BCUT2D eigenvalue weighted by Crippen LogP contribution is 2.30. The summed E-state index contributed by atoms with van der Waals surface area (Å²) in [6, 6.07) is 32.5. The van der Waals surface area contributed by atoms with E-state index in [9.17, 15) is 4.79 Å². The number of fused-ring (bicyclic) bond motifs is 4. The van der Waals surface area contributed by atoms with Crippen LogP contribution in [0.4, 0.5) is 0 Å². The fourth-order valence-corrected chi connectivity index (χ4v) is 3.73. The predicted molar refractivity (Wildman–Crippen MR) is 109 cm³/mol. The smallest absolute Gasteiger partial charge is 0.193 e. The van der Waals surface area contributed by atoms with Gasteiger partial charge in [0.15, 0.2) is 5.78 Å². The zero-order chi connectivity index (χ0) is 17.5. The molecule has 0 aromatic heterocycles. The molecule has 0 amide bonds. The van der Waals surface area contributed by atoms with E-state index in [1.807, 2.05) is 72.8 Å². The quantitative estimate of drug-likeness (QED) is 0.271. The van der Waals surface area contributed by atoms with Gasteiger partial charge in [-0.3, -0.25) is 4.79 Å². The van der Waals surface area contributed by atoms with Crippen molar-refractivity contribution in [2.24, 2.45) is 0 Å². The first-order valence-electron chi connectivity index (χ1n) is 8.75. The average Bonchev–Trinajstić information content (AvgIpc) is 2.72. The van der Waals surface area contributed by atoms with E-state index in [2.05, 4.69) is 24.3 Å². The monoisotopic (exact) mass is 332 g/mol. The lowest BCUT2D eigenvalue weighted by Gasteiger charge is -2.10. The van der Waals surface area contributed by atoms with Crippen LogP contribution in [0.25, 0.3) is 32.3 Å². The lowest BCUT2D eigenvalue weighted by atomic mass is 9.92. The van der Waals surface area contributed by atoms with Gasteiger partial charge in [0.05, 0.1) is 0 Å². The van der Waals surface area contributed by atoms with Crippen LogP contribution in [0.5, 0.6) is 0 Å². The van der Waals surface area contributed by atoms with Crippen LogP contribution in [0.15, 0.2) is 97.1 Å². The summed E-state index contributed by atoms with van der Waals surface area (Å²) in [5, 5.41) is 6.63. The average molecular weight is 332 g/mol. The number of benzene rings is 5. The molecule has 5 aromatic rings. The van der Waals surface area contributed by atoms with Crippen LogP contribution in [-0.4, -0.2) is 5.78 Å². The molecular formula is C25H16O. The van der Waals surface area contributed by atoms with Gasteiger partial charge in [-0.25, -0.2) is 0 Å². The number of rotatable bonds is 2. The van der Waals surface area contributed by atoms with Crippen molar-refractivity contribution >= 4 is 38.1 Å². The molecule has 5 rings (SSSR count). The number of hydrogen-bond donors (Lipinski definition) is 0. The van der Waals surface area contributed by atoms with E-state index in [4.69, 9.17) is 0 Å². The lowest BCUT2D eigenvalue weighted by molar-refractivity contribution is 0.104. The summed E-state index contributed by atoms with van der Waals surface area (Å²) in [6.45, 7) is 0. The molecule has 0 heterocycles. The molecule has 0 aliphatic rings. The molecule has 0 aliphatic carbocycles. The first-order valence-corrected chi connectivity index (χ1v) is 8.75. The van der Waals surface area contributed by atoms with Crippen molar-refractivity contribution < 1.29 is 4.79 Å². The van der Waals surface area contributed by atoms with Crippen LogP contribution >= 0.6 is 0 Å². The Hall–Kier alpha value is -3.45. The highest BCUT2D eigenvalue weighted by atomic mass is 16.1. The molecule has 0 bridgehead atoms. The van der Waals surface area contributed by atoms with E-state index in [1.54, 1.807) is 0 Å². The highest BCUT2D eigenvalue weighted by Gasteiger charge is 2.15. The summed E-state index contributed by atoms with van der Waals surface area (Å²) >= 11 is 0. The van der Waals surface area contributed by atoms with Crippen molar-refractivity contribution in [3.63, 3.8) is 0 Å². The van der Waals surface area contributed by atoms with Crippen molar-refractivity contribution in [1.82, 2.24) is 0 Å². The number of ketones is 1. The summed E-state index contributed by atoms with van der Waals surface area (Å²) in [5.74, 6) is 0.0673. The Morgan fingerprint density at radius 1 is 0.500 bits per heavy atom. The summed E-state index contributed by atoms with van der Waals surface area (Å²) in [4.78, 5) is 13.3. The standard InChI is InChI=1S/C25H16O/c26-25(20-14-13-17-7-1-2-8-18(17)15-20)24-16-19-9-3-4-10-21(19)22-11-5-6-12-23(22)24/h1-16H. The zero-order valence-electron chi connectivity index (χ0n) is 14.1. The number of carbonyl (C=O) groups is 1. The molecule has 0 saturated carbocycles. The maximum absolute atomic E-state index is 13.3. The Morgan fingerprint density at radius 2 is 1.12 bits per heavy atom. The summed E-state index contributed by atoms with van der Waals surface area (Å²) in [5.41, 5.74) is 1.48. The van der Waals surface area contributed by atoms with Crippen LogP contribution in [0.2, 0.25) is 0 Å². The number of hydrogen-bond acceptors (Lipinski definition) is 1. The molecule has 0 N–H and O–H groups in total. The Bertz CT molecular complexity index is 1300. The van der Waals surface area contributed by atoms with E-state index in [1.165, 1.54) is 5.39 Å². The lowest BCUT2D eigenvalue weighted by Crippen LogP contribution is -2.02. The summed E-state index contributed by atoms with van der Waals surface area (Å²) in [7, 11) is 0. The second kappa shape index (κ2) is 5.82. The molecule has 0 fully saturated rings. The molecule has 0 atom stereocenters. The second-order valence-electron chi connectivity index (χ2n) is 6.58. The molecule has 122 valence electrons. The van der Waals surface area contributed by atoms with E-state index < -0.39 is 0 Å². The van der Waals surface area contributed by atoms with E-state index in [0.717, 1.165) is 38.1 Å². The zero-order valence-corrected chi connectivity index (χ0v) is 14.1. The van der Waals surface area contributed by atoms with Gasteiger partial charge < -0.3 is 0 Å². The van der Waals surface area contributed by atoms with E-state index in [-0.39, 0.29) is 5.78 Å². The molecule has 0 radical (unpaired) electrons. The van der Waals surface area contributed by atoms with Crippen LogP contribution < -0.4 is 0 Å². The highest BCUT2D eigenvalue weighted by molar-refractivity contribution is 6.22. The van der Waals surface area contributed by atoms with Crippen molar-refractivity contribution in [3.8, 4) is 0 Å². The summed E-state index contributed by atoms with van der Waals surface area (Å²) in [6.07, 6.45) is 0. The molecule has 0 unspecified atom stereocenters. The normalized spacial score (nSPS) is 11.2. The fourth-order valence-electron chi connectivity index (χ4n) is 3.73. The minimum absolute atomic E-state index is 0.0673. The Labute approximate surface area is 151 Å². The van der Waals surface area contributed by atoms with Crippen molar-refractivity contribution in [3.05, 3.63) is 108 Å². The van der Waals surface area contributed by atoms with Gasteiger partial charge in [-0.05, 0) is 44.5 Å². The van der Waals surface area contributed by atoms with Crippen molar-refractivity contribution in [2.45, 2.75) is 0 Å². The minimum Gasteiger partial charge on any atom is -0.289 e. The van der Waals surface area contributed by atoms with E-state index >= 15 is 0 Å². The topological polar surface area (TPSA) is 17.1 Å². The Balaban J connectivity index is 1.77. The molecule has 0 saturated heterocycles. The van der Waals surface area contributed by atoms with Gasteiger partial charge in [-0.1, -0.05) is 84.9 Å². The van der Waals surface area contributed by atoms with Crippen LogP contribution in [0, 0.1) is 0 Å². The van der Waals surface area contributed by atoms with Crippen molar-refractivity contribution in [1.29, 1.82) is 0 Å². The van der Waals surface area contributed by atoms with Gasteiger partial charge in [0.25, 0.3) is 0 Å². The van der Waals surface area contributed by atoms with Gasteiger partial charge in [-0.15, -0.1) is 0 Å². The first-order chi connectivity index (χ1) is 12.8. The Morgan fingerprint density at radius 3 is 1.92 bits per heavy atom. The van der Waals surface area contributed by atoms with Gasteiger partial charge >= 0.3 is 0 Å². The third-order valence-electron chi connectivity index (χ3n) is 5.02. The maximum Gasteiger partial charge on any atom is 0.193 e. The molecule has 26 heavy (non-hydrogen) atoms. The van der Waals surface area contributed by atoms with E-state index in [0.29, 0.717) is 0 Å². The maximum atomic E-state index is 13.3. The first kappa shape index (κ1) is 14.9. The van der Waals surface area contributed by atoms with Gasteiger partial charge in [0.2, 0.25) is 0 Å². The van der Waals surface area contributed by atoms with Crippen LogP contribution in [-0.2, 0) is 0 Å². The fraction of sp³-hybridized carbons (Fsp3) is 0. The second-order valence-corrected chi connectivity index (χ2v) is 6.58. The third-order valence-corrected chi connectivity index (χ3v) is 5.02. The third kappa shape index (κ3) is 2.29. The van der Waals surface area contributed by atoms with Crippen molar-refractivity contribution in [2.75, 3.05) is 0 Å². The summed E-state index contributed by atoms with van der Waals surface area (Å²) < 4.78 is 0. The van der Waals surface area contributed by atoms with Gasteiger partial charge in [-0.2, -0.15) is 0 Å². The molecule has 0 aliphatic heterocycles. The van der Waals surface area contributed by atoms with Gasteiger partial charge in [0, 0.05) is 11.1 Å². The molecule has 1 heteroatoms. The largest absolute Gasteiger partial charge is 0.289 e. The molecular weight excluding hydrogens is 316 g/mol. The molecule has 5 aromatic carbocycles. The van der Waals surface area contributed by atoms with Crippen LogP contribution in [0.1, 0.15) is 15.9 Å². The number of carbonyl (C=O) groups excluding carboxylic acids is 1. The van der Waals surface area contributed by atoms with Gasteiger partial charge in [0.1, 0.15) is 0 Å². The van der Waals surface area contributed by atoms with Crippen LogP contribution in [0.3, 0.4) is 0 Å². The SMILES string of the molecule is O=C(c1ccc2ccccc2c1)c1cc2ccccc2c2ccccc12. The molecule has 1 nitrogen and oxygen atoms in total. The molecule has 0 spiro atoms. The predicted octanol–water partition coefficient (Wildman–Crippen LogP) is 6.38.